The van der Waals surface area contributed by atoms with Crippen molar-refractivity contribution < 1.29 is 14.7 Å². The molecule has 0 radical (unpaired) electrons. The number of amides is 1. The van der Waals surface area contributed by atoms with Crippen molar-refractivity contribution in [3.8, 4) is 5.69 Å². The van der Waals surface area contributed by atoms with E-state index in [2.05, 4.69) is 5.10 Å². The molecule has 1 aliphatic heterocycles. The molecule has 1 aromatic heterocycles. The number of piperidine rings is 1. The molecule has 0 bridgehead atoms. The number of carbonyl (C=O) groups excluding carboxylic acids is 1. The van der Waals surface area contributed by atoms with Crippen molar-refractivity contribution in [2.24, 2.45) is 11.8 Å². The molecule has 1 amide bonds. The smallest absolute Gasteiger partial charge is 0.308 e. The Kier molecular flexibility index (Phi) is 4.26. The summed E-state index contributed by atoms with van der Waals surface area (Å²) in [6.07, 6.45) is 2.84. The maximum atomic E-state index is 13.2. The minimum atomic E-state index is -0.829. The lowest BCUT2D eigenvalue weighted by Gasteiger charge is -2.34. The van der Waals surface area contributed by atoms with Gasteiger partial charge in [-0.05, 0) is 43.4 Å². The highest BCUT2D eigenvalue weighted by molar-refractivity contribution is 5.93. The van der Waals surface area contributed by atoms with Gasteiger partial charge in [0.2, 0.25) is 0 Å². The van der Waals surface area contributed by atoms with E-state index >= 15 is 0 Å². The van der Waals surface area contributed by atoms with E-state index in [4.69, 9.17) is 0 Å². The maximum Gasteiger partial charge on any atom is 0.308 e. The molecule has 26 heavy (non-hydrogen) atoms. The topological polar surface area (TPSA) is 75.4 Å². The van der Waals surface area contributed by atoms with Crippen LogP contribution in [0.15, 0.2) is 36.4 Å². The van der Waals surface area contributed by atoms with Crippen LogP contribution < -0.4 is 0 Å². The summed E-state index contributed by atoms with van der Waals surface area (Å²) < 4.78 is 1.71. The number of likely N-dealkylation sites (tertiary alicyclic amines) is 1. The highest BCUT2D eigenvalue weighted by atomic mass is 16.4. The number of carbonyl (C=O) groups is 2. The molecule has 0 spiro atoms. The molecule has 1 saturated heterocycles. The van der Waals surface area contributed by atoms with Crippen molar-refractivity contribution in [1.29, 1.82) is 0 Å². The first kappa shape index (κ1) is 16.8. The molecule has 136 valence electrons. The first-order valence-corrected chi connectivity index (χ1v) is 9.20. The number of rotatable bonds is 4. The van der Waals surface area contributed by atoms with Crippen molar-refractivity contribution in [2.45, 2.75) is 32.1 Å². The average Bonchev–Trinajstić information content (AvgIpc) is 3.40. The largest absolute Gasteiger partial charge is 0.481 e. The molecule has 2 aliphatic rings. The molecular formula is C20H23N3O3. The molecule has 6 nitrogen and oxygen atoms in total. The number of para-hydroxylation sites is 1. The molecule has 1 aliphatic carbocycles. The Bertz CT molecular complexity index is 826. The van der Waals surface area contributed by atoms with Crippen molar-refractivity contribution in [3.63, 3.8) is 0 Å². The summed E-state index contributed by atoms with van der Waals surface area (Å²) in [6.45, 7) is 2.85. The van der Waals surface area contributed by atoms with E-state index in [1.807, 2.05) is 43.3 Å². The lowest BCUT2D eigenvalue weighted by Crippen LogP contribution is -2.46. The third kappa shape index (κ3) is 3.23. The van der Waals surface area contributed by atoms with Crippen LogP contribution in [-0.4, -0.2) is 44.8 Å². The Hall–Kier alpha value is -2.63. The molecule has 4 rings (SSSR count). The number of hydrogen-bond donors (Lipinski definition) is 1. The van der Waals surface area contributed by atoms with Gasteiger partial charge in [-0.3, -0.25) is 9.59 Å². The summed E-state index contributed by atoms with van der Waals surface area (Å²) in [6, 6.07) is 11.5. The highest BCUT2D eigenvalue weighted by Crippen LogP contribution is 2.40. The Morgan fingerprint density at radius 3 is 2.54 bits per heavy atom. The highest BCUT2D eigenvalue weighted by Gasteiger charge is 2.35. The van der Waals surface area contributed by atoms with Crippen LogP contribution >= 0.6 is 0 Å². The van der Waals surface area contributed by atoms with Crippen molar-refractivity contribution in [2.75, 3.05) is 13.1 Å². The van der Waals surface area contributed by atoms with Crippen molar-refractivity contribution >= 4 is 11.9 Å². The molecule has 1 saturated carbocycles. The summed E-state index contributed by atoms with van der Waals surface area (Å²) in [4.78, 5) is 26.4. The third-order valence-corrected chi connectivity index (χ3v) is 5.24. The van der Waals surface area contributed by atoms with E-state index in [0.29, 0.717) is 24.6 Å². The summed E-state index contributed by atoms with van der Waals surface area (Å²) in [7, 11) is 0. The van der Waals surface area contributed by atoms with Gasteiger partial charge < -0.3 is 10.0 Å². The van der Waals surface area contributed by atoms with Crippen LogP contribution in [0, 0.1) is 11.8 Å². The van der Waals surface area contributed by atoms with Crippen LogP contribution in [0.3, 0.4) is 0 Å². The van der Waals surface area contributed by atoms with Gasteiger partial charge in [-0.2, -0.15) is 5.10 Å². The van der Waals surface area contributed by atoms with Gasteiger partial charge in [0.1, 0.15) is 5.69 Å². The van der Waals surface area contributed by atoms with Crippen LogP contribution in [0.25, 0.3) is 5.69 Å². The Balaban J connectivity index is 1.68. The molecule has 1 N–H and O–H groups in total. The minimum absolute atomic E-state index is 0.133. The second kappa shape index (κ2) is 6.59. The molecule has 2 atom stereocenters. The summed E-state index contributed by atoms with van der Waals surface area (Å²) >= 11 is 0. The molecular weight excluding hydrogens is 330 g/mol. The first-order chi connectivity index (χ1) is 12.5. The van der Waals surface area contributed by atoms with Gasteiger partial charge in [-0.25, -0.2) is 4.68 Å². The fraction of sp³-hybridized carbons (Fsp3) is 0.450. The maximum absolute atomic E-state index is 13.2. The quantitative estimate of drug-likeness (QED) is 0.917. The van der Waals surface area contributed by atoms with E-state index in [9.17, 15) is 14.7 Å². The first-order valence-electron chi connectivity index (χ1n) is 9.20. The van der Waals surface area contributed by atoms with Gasteiger partial charge >= 0.3 is 5.97 Å². The van der Waals surface area contributed by atoms with E-state index in [-0.39, 0.29) is 18.4 Å². The molecule has 2 unspecified atom stereocenters. The summed E-state index contributed by atoms with van der Waals surface area (Å²) in [5.41, 5.74) is 2.33. The number of benzene rings is 1. The Morgan fingerprint density at radius 1 is 1.15 bits per heavy atom. The van der Waals surface area contributed by atoms with Gasteiger partial charge in [0.25, 0.3) is 5.91 Å². The number of aromatic nitrogens is 2. The standard InChI is InChI=1S/C20H23N3O3/c1-13-9-15(20(25)26)12-22(11-13)19(24)18-10-17(14-7-8-14)21-23(18)16-5-3-2-4-6-16/h2-6,10,13-15H,7-9,11-12H2,1H3,(H,25,26). The van der Waals surface area contributed by atoms with Gasteiger partial charge in [0, 0.05) is 19.0 Å². The number of carboxylic acid groups (broad SMARTS) is 1. The monoisotopic (exact) mass is 353 g/mol. The summed E-state index contributed by atoms with van der Waals surface area (Å²) in [5, 5.41) is 14.1. The average molecular weight is 353 g/mol. The van der Waals surface area contributed by atoms with Gasteiger partial charge in [0.05, 0.1) is 17.3 Å². The van der Waals surface area contributed by atoms with E-state index in [1.54, 1.807) is 9.58 Å². The normalized spacial score (nSPS) is 23.0. The lowest BCUT2D eigenvalue weighted by molar-refractivity contribution is -0.143. The van der Waals surface area contributed by atoms with Crippen LogP contribution in [0.4, 0.5) is 0 Å². The number of aliphatic carboxylic acids is 1. The van der Waals surface area contributed by atoms with Gasteiger partial charge in [-0.1, -0.05) is 25.1 Å². The molecule has 6 heteroatoms. The number of nitrogens with zero attached hydrogens (tertiary/aromatic N) is 3. The molecule has 1 aromatic carbocycles. The summed E-state index contributed by atoms with van der Waals surface area (Å²) in [5.74, 6) is -0.849. The number of hydrogen-bond acceptors (Lipinski definition) is 3. The van der Waals surface area contributed by atoms with Crippen LogP contribution in [0.5, 0.6) is 0 Å². The third-order valence-electron chi connectivity index (χ3n) is 5.24. The second-order valence-corrected chi connectivity index (χ2v) is 7.56. The zero-order chi connectivity index (χ0) is 18.3. The lowest BCUT2D eigenvalue weighted by atomic mass is 9.90. The molecule has 2 heterocycles. The predicted molar refractivity (Wildman–Crippen MR) is 96.3 cm³/mol. The zero-order valence-corrected chi connectivity index (χ0v) is 14.8. The zero-order valence-electron chi connectivity index (χ0n) is 14.8. The molecule has 2 aromatic rings. The fourth-order valence-corrected chi connectivity index (χ4v) is 3.75. The Labute approximate surface area is 152 Å². The predicted octanol–water partition coefficient (Wildman–Crippen LogP) is 2.93. The van der Waals surface area contributed by atoms with E-state index < -0.39 is 11.9 Å². The van der Waals surface area contributed by atoms with E-state index in [0.717, 1.165) is 24.2 Å². The fourth-order valence-electron chi connectivity index (χ4n) is 3.75. The van der Waals surface area contributed by atoms with Crippen molar-refractivity contribution in [1.82, 2.24) is 14.7 Å². The van der Waals surface area contributed by atoms with E-state index in [1.165, 1.54) is 0 Å². The van der Waals surface area contributed by atoms with Crippen molar-refractivity contribution in [3.05, 3.63) is 47.8 Å². The van der Waals surface area contributed by atoms with Crippen LogP contribution in [0.1, 0.15) is 48.3 Å². The Morgan fingerprint density at radius 2 is 1.88 bits per heavy atom. The number of carboxylic acids is 1. The molecule has 2 fully saturated rings. The van der Waals surface area contributed by atoms with Gasteiger partial charge in [-0.15, -0.1) is 0 Å². The van der Waals surface area contributed by atoms with Crippen LogP contribution in [-0.2, 0) is 4.79 Å². The second-order valence-electron chi connectivity index (χ2n) is 7.56. The van der Waals surface area contributed by atoms with Gasteiger partial charge in [0.15, 0.2) is 0 Å². The minimum Gasteiger partial charge on any atom is -0.481 e. The SMILES string of the molecule is CC1CC(C(=O)O)CN(C(=O)c2cc(C3CC3)nn2-c2ccccc2)C1. The van der Waals surface area contributed by atoms with Crippen LogP contribution in [0.2, 0.25) is 0 Å².